The van der Waals surface area contributed by atoms with Crippen LogP contribution in [0, 0.1) is 5.92 Å². The molecule has 1 rings (SSSR count). The van der Waals surface area contributed by atoms with Crippen molar-refractivity contribution < 1.29 is 9.53 Å². The Balaban J connectivity index is 0. The topological polar surface area (TPSA) is 58.8 Å². The fraction of sp³-hybridized carbons (Fsp3) is 0.929. The van der Waals surface area contributed by atoms with E-state index in [-0.39, 0.29) is 42.9 Å². The van der Waals surface area contributed by atoms with Crippen LogP contribution in [-0.4, -0.2) is 67.7 Å². The molecule has 0 radical (unpaired) electrons. The third kappa shape index (κ3) is 7.66. The van der Waals surface area contributed by atoms with E-state index in [1.165, 1.54) is 0 Å². The van der Waals surface area contributed by atoms with E-state index in [2.05, 4.69) is 25.7 Å². The minimum absolute atomic E-state index is 0. The third-order valence-electron chi connectivity index (χ3n) is 3.90. The van der Waals surface area contributed by atoms with Crippen molar-refractivity contribution in [3.8, 4) is 0 Å². The van der Waals surface area contributed by atoms with Gasteiger partial charge in [0.15, 0.2) is 0 Å². The maximum atomic E-state index is 12.3. The van der Waals surface area contributed by atoms with Gasteiger partial charge in [0.25, 0.3) is 5.91 Å². The highest BCUT2D eigenvalue weighted by Gasteiger charge is 2.28. The average molecular weight is 344 g/mol. The van der Waals surface area contributed by atoms with Crippen LogP contribution in [0.3, 0.4) is 0 Å². The van der Waals surface area contributed by atoms with Crippen LogP contribution in [-0.2, 0) is 9.53 Å². The average Bonchev–Trinajstić information content (AvgIpc) is 2.43. The first-order chi connectivity index (χ1) is 8.95. The SMILES string of the molecule is CCN1CCOC(C(=O)N(C)CCC(N)C(C)C)C1.Cl.Cl. The van der Waals surface area contributed by atoms with E-state index >= 15 is 0 Å². The zero-order chi connectivity index (χ0) is 14.4. The van der Waals surface area contributed by atoms with E-state index in [1.807, 2.05) is 7.05 Å². The molecule has 2 N–H and O–H groups in total. The van der Waals surface area contributed by atoms with Crippen molar-refractivity contribution >= 4 is 30.7 Å². The number of likely N-dealkylation sites (N-methyl/N-ethyl adjacent to an activating group) is 2. The molecular formula is C14H31Cl2N3O2. The van der Waals surface area contributed by atoms with Gasteiger partial charge in [-0.15, -0.1) is 24.8 Å². The maximum absolute atomic E-state index is 12.3. The van der Waals surface area contributed by atoms with E-state index in [4.69, 9.17) is 10.5 Å². The molecule has 0 spiro atoms. The fourth-order valence-corrected chi connectivity index (χ4v) is 2.17. The largest absolute Gasteiger partial charge is 0.366 e. The van der Waals surface area contributed by atoms with E-state index in [0.717, 1.165) is 19.5 Å². The maximum Gasteiger partial charge on any atom is 0.252 e. The van der Waals surface area contributed by atoms with Gasteiger partial charge in [-0.3, -0.25) is 9.69 Å². The molecule has 21 heavy (non-hydrogen) atoms. The van der Waals surface area contributed by atoms with Gasteiger partial charge in [-0.25, -0.2) is 0 Å². The lowest BCUT2D eigenvalue weighted by atomic mass is 10.0. The first-order valence-electron chi connectivity index (χ1n) is 7.30. The number of morpholine rings is 1. The molecule has 1 fully saturated rings. The van der Waals surface area contributed by atoms with E-state index in [1.54, 1.807) is 4.90 Å². The molecule has 1 amide bonds. The predicted molar refractivity (Wildman–Crippen MR) is 91.4 cm³/mol. The molecule has 5 nitrogen and oxygen atoms in total. The molecule has 2 unspecified atom stereocenters. The van der Waals surface area contributed by atoms with Crippen LogP contribution in [0.5, 0.6) is 0 Å². The number of hydrogen-bond donors (Lipinski definition) is 1. The molecule has 0 aromatic heterocycles. The van der Waals surface area contributed by atoms with Crippen molar-refractivity contribution in [3.05, 3.63) is 0 Å². The Morgan fingerprint density at radius 1 is 1.43 bits per heavy atom. The molecule has 2 atom stereocenters. The van der Waals surface area contributed by atoms with Crippen LogP contribution in [0.2, 0.25) is 0 Å². The summed E-state index contributed by atoms with van der Waals surface area (Å²) in [6.07, 6.45) is 0.526. The molecule has 0 bridgehead atoms. The van der Waals surface area contributed by atoms with Gasteiger partial charge in [0.05, 0.1) is 6.61 Å². The molecule has 7 heteroatoms. The summed E-state index contributed by atoms with van der Waals surface area (Å²) >= 11 is 0. The van der Waals surface area contributed by atoms with Gasteiger partial charge in [-0.05, 0) is 18.9 Å². The number of carbonyl (C=O) groups excluding carboxylic acids is 1. The fourth-order valence-electron chi connectivity index (χ4n) is 2.17. The Labute approximate surface area is 141 Å². The molecular weight excluding hydrogens is 313 g/mol. The normalized spacial score (nSPS) is 20.4. The van der Waals surface area contributed by atoms with Crippen LogP contribution >= 0.6 is 24.8 Å². The summed E-state index contributed by atoms with van der Waals surface area (Å²) in [4.78, 5) is 16.3. The highest BCUT2D eigenvalue weighted by Crippen LogP contribution is 2.09. The van der Waals surface area contributed by atoms with Crippen molar-refractivity contribution in [1.29, 1.82) is 0 Å². The van der Waals surface area contributed by atoms with Crippen molar-refractivity contribution in [3.63, 3.8) is 0 Å². The van der Waals surface area contributed by atoms with Crippen LogP contribution in [0.1, 0.15) is 27.2 Å². The number of halogens is 2. The van der Waals surface area contributed by atoms with Gasteiger partial charge < -0.3 is 15.4 Å². The molecule has 1 aliphatic heterocycles. The lowest BCUT2D eigenvalue weighted by Crippen LogP contribution is -2.50. The second-order valence-electron chi connectivity index (χ2n) is 5.71. The van der Waals surface area contributed by atoms with Gasteiger partial charge in [-0.1, -0.05) is 20.8 Å². The van der Waals surface area contributed by atoms with Crippen molar-refractivity contribution in [2.45, 2.75) is 39.3 Å². The second-order valence-corrected chi connectivity index (χ2v) is 5.71. The van der Waals surface area contributed by atoms with Crippen molar-refractivity contribution in [2.75, 3.05) is 39.8 Å². The van der Waals surface area contributed by atoms with Gasteiger partial charge in [0, 0.05) is 32.7 Å². The standard InChI is InChI=1S/C14H29N3O2.2ClH/c1-5-17-8-9-19-13(10-17)14(18)16(4)7-6-12(15)11(2)3;;/h11-13H,5-10,15H2,1-4H3;2*1H. The number of ether oxygens (including phenoxy) is 1. The molecule has 0 aromatic rings. The molecule has 1 saturated heterocycles. The molecule has 0 aliphatic carbocycles. The Kier molecular flexibility index (Phi) is 12.7. The van der Waals surface area contributed by atoms with Crippen LogP contribution in [0.25, 0.3) is 0 Å². The predicted octanol–water partition coefficient (Wildman–Crippen LogP) is 1.38. The highest BCUT2D eigenvalue weighted by atomic mass is 35.5. The number of nitrogens with zero attached hydrogens (tertiary/aromatic N) is 2. The zero-order valence-electron chi connectivity index (χ0n) is 13.6. The number of carbonyl (C=O) groups is 1. The molecule has 0 aromatic carbocycles. The summed E-state index contributed by atoms with van der Waals surface area (Å²) in [5.41, 5.74) is 6.01. The van der Waals surface area contributed by atoms with E-state index in [0.29, 0.717) is 25.6 Å². The van der Waals surface area contributed by atoms with E-state index < -0.39 is 0 Å². The summed E-state index contributed by atoms with van der Waals surface area (Å²) in [7, 11) is 1.84. The molecule has 1 aliphatic rings. The first kappa shape index (κ1) is 23.2. The molecule has 0 saturated carbocycles. The smallest absolute Gasteiger partial charge is 0.252 e. The Morgan fingerprint density at radius 2 is 2.05 bits per heavy atom. The number of rotatable bonds is 6. The quantitative estimate of drug-likeness (QED) is 0.791. The van der Waals surface area contributed by atoms with Gasteiger partial charge >= 0.3 is 0 Å². The number of nitrogens with two attached hydrogens (primary N) is 1. The Morgan fingerprint density at radius 3 is 2.57 bits per heavy atom. The van der Waals surface area contributed by atoms with Crippen LogP contribution in [0.15, 0.2) is 0 Å². The van der Waals surface area contributed by atoms with E-state index in [9.17, 15) is 4.79 Å². The van der Waals surface area contributed by atoms with Crippen molar-refractivity contribution in [2.24, 2.45) is 11.7 Å². The van der Waals surface area contributed by atoms with Crippen LogP contribution in [0.4, 0.5) is 0 Å². The summed E-state index contributed by atoms with van der Waals surface area (Å²) in [5, 5.41) is 0. The summed E-state index contributed by atoms with van der Waals surface area (Å²) in [6, 6.07) is 0.148. The van der Waals surface area contributed by atoms with Gasteiger partial charge in [-0.2, -0.15) is 0 Å². The molecule has 1 heterocycles. The lowest BCUT2D eigenvalue weighted by Gasteiger charge is -2.33. The van der Waals surface area contributed by atoms with Gasteiger partial charge in [0.1, 0.15) is 6.10 Å². The zero-order valence-corrected chi connectivity index (χ0v) is 15.2. The Bertz CT molecular complexity index is 293. The summed E-state index contributed by atoms with van der Waals surface area (Å²) < 4.78 is 5.58. The highest BCUT2D eigenvalue weighted by molar-refractivity contribution is 5.85. The Hall–Kier alpha value is -0.0700. The second kappa shape index (κ2) is 11.5. The minimum Gasteiger partial charge on any atom is -0.366 e. The monoisotopic (exact) mass is 343 g/mol. The number of amides is 1. The van der Waals surface area contributed by atoms with Crippen molar-refractivity contribution in [1.82, 2.24) is 9.80 Å². The first-order valence-corrected chi connectivity index (χ1v) is 7.30. The molecule has 128 valence electrons. The van der Waals surface area contributed by atoms with Gasteiger partial charge in [0.2, 0.25) is 0 Å². The summed E-state index contributed by atoms with van der Waals surface area (Å²) in [6.45, 7) is 10.3. The van der Waals surface area contributed by atoms with Crippen LogP contribution < -0.4 is 5.73 Å². The third-order valence-corrected chi connectivity index (χ3v) is 3.90. The minimum atomic E-state index is -0.311. The summed E-state index contributed by atoms with van der Waals surface area (Å²) in [5.74, 6) is 0.527. The number of hydrogen-bond acceptors (Lipinski definition) is 4. The lowest BCUT2D eigenvalue weighted by molar-refractivity contribution is -0.148.